The van der Waals surface area contributed by atoms with Crippen molar-refractivity contribution in [2.75, 3.05) is 19.7 Å². The summed E-state index contributed by atoms with van der Waals surface area (Å²) in [6.45, 7) is 6.53. The van der Waals surface area contributed by atoms with Gasteiger partial charge >= 0.3 is 5.97 Å². The normalized spacial score (nSPS) is 10.5. The number of rotatable bonds is 10. The van der Waals surface area contributed by atoms with Gasteiger partial charge in [-0.25, -0.2) is 0 Å². The van der Waals surface area contributed by atoms with Crippen LogP contribution in [0.25, 0.3) is 0 Å². The van der Waals surface area contributed by atoms with E-state index in [1.54, 1.807) is 0 Å². The summed E-state index contributed by atoms with van der Waals surface area (Å²) in [7, 11) is 0. The molecule has 0 heterocycles. The Morgan fingerprint density at radius 1 is 1.15 bits per heavy atom. The molecule has 1 aromatic carbocycles. The zero-order chi connectivity index (χ0) is 14.6. The van der Waals surface area contributed by atoms with Crippen LogP contribution < -0.4 is 5.32 Å². The highest BCUT2D eigenvalue weighted by molar-refractivity contribution is 5.69. The minimum Gasteiger partial charge on any atom is -0.466 e. The molecule has 0 aliphatic carbocycles. The van der Waals surface area contributed by atoms with Crippen LogP contribution in [0.4, 0.5) is 0 Å². The second-order valence-electron chi connectivity index (χ2n) is 5.04. The van der Waals surface area contributed by atoms with Crippen LogP contribution >= 0.6 is 0 Å². The molecule has 3 heteroatoms. The maximum absolute atomic E-state index is 11.1. The van der Waals surface area contributed by atoms with E-state index in [9.17, 15) is 4.79 Å². The lowest BCUT2D eigenvalue weighted by Gasteiger charge is -2.07. The van der Waals surface area contributed by atoms with Crippen LogP contribution in [0, 0.1) is 6.92 Å². The second kappa shape index (κ2) is 10.4. The van der Waals surface area contributed by atoms with Crippen molar-refractivity contribution < 1.29 is 9.53 Å². The Hall–Kier alpha value is -1.35. The predicted octanol–water partition coefficient (Wildman–Crippen LogP) is 3.25. The Bertz CT molecular complexity index is 390. The van der Waals surface area contributed by atoms with Crippen molar-refractivity contribution in [3.63, 3.8) is 0 Å². The third kappa shape index (κ3) is 7.29. The van der Waals surface area contributed by atoms with Crippen molar-refractivity contribution in [3.05, 3.63) is 35.4 Å². The van der Waals surface area contributed by atoms with Crippen LogP contribution in [0.1, 0.15) is 43.7 Å². The molecule has 0 aliphatic heterocycles. The van der Waals surface area contributed by atoms with E-state index in [2.05, 4.69) is 36.5 Å². The summed E-state index contributed by atoms with van der Waals surface area (Å²) < 4.78 is 4.89. The van der Waals surface area contributed by atoms with Gasteiger partial charge in [0.05, 0.1) is 6.61 Å². The van der Waals surface area contributed by atoms with Gasteiger partial charge in [-0.15, -0.1) is 0 Å². The number of ether oxygens (including phenoxy) is 1. The lowest BCUT2D eigenvalue weighted by atomic mass is 10.1. The summed E-state index contributed by atoms with van der Waals surface area (Å²) in [4.78, 5) is 11.1. The first kappa shape index (κ1) is 16.7. The fourth-order valence-corrected chi connectivity index (χ4v) is 2.17. The van der Waals surface area contributed by atoms with E-state index in [-0.39, 0.29) is 5.97 Å². The molecule has 1 aromatic rings. The van der Waals surface area contributed by atoms with Gasteiger partial charge in [-0.3, -0.25) is 4.79 Å². The van der Waals surface area contributed by atoms with Crippen molar-refractivity contribution in [3.8, 4) is 0 Å². The quantitative estimate of drug-likeness (QED) is 0.527. The molecule has 0 radical (unpaired) electrons. The highest BCUT2D eigenvalue weighted by Gasteiger charge is 2.00. The average molecular weight is 277 g/mol. The SMILES string of the molecule is CCOC(=O)CCCCCNCCc1ccccc1C. The average Bonchev–Trinajstić information content (AvgIpc) is 2.44. The van der Waals surface area contributed by atoms with Gasteiger partial charge in [0.25, 0.3) is 0 Å². The van der Waals surface area contributed by atoms with E-state index in [1.807, 2.05) is 6.92 Å². The first-order valence-corrected chi connectivity index (χ1v) is 7.65. The minimum atomic E-state index is -0.0694. The zero-order valence-corrected chi connectivity index (χ0v) is 12.8. The molecule has 1 N–H and O–H groups in total. The highest BCUT2D eigenvalue weighted by Crippen LogP contribution is 2.07. The molecule has 0 aliphatic rings. The molecule has 112 valence electrons. The number of unbranched alkanes of at least 4 members (excludes halogenated alkanes) is 2. The van der Waals surface area contributed by atoms with Gasteiger partial charge in [-0.2, -0.15) is 0 Å². The van der Waals surface area contributed by atoms with E-state index in [0.717, 1.165) is 38.8 Å². The molecule has 0 unspecified atom stereocenters. The van der Waals surface area contributed by atoms with Crippen LogP contribution in [-0.4, -0.2) is 25.7 Å². The topological polar surface area (TPSA) is 38.3 Å². The molecule has 20 heavy (non-hydrogen) atoms. The number of carbonyl (C=O) groups is 1. The number of hydrogen-bond donors (Lipinski definition) is 1. The van der Waals surface area contributed by atoms with Crippen molar-refractivity contribution >= 4 is 5.97 Å². The first-order chi connectivity index (χ1) is 9.74. The molecule has 0 saturated heterocycles. The van der Waals surface area contributed by atoms with E-state index >= 15 is 0 Å². The van der Waals surface area contributed by atoms with E-state index in [1.165, 1.54) is 11.1 Å². The summed E-state index contributed by atoms with van der Waals surface area (Å²) in [5, 5.41) is 3.46. The summed E-state index contributed by atoms with van der Waals surface area (Å²) in [6, 6.07) is 8.52. The number of nitrogens with one attached hydrogen (secondary N) is 1. The number of hydrogen-bond acceptors (Lipinski definition) is 3. The second-order valence-corrected chi connectivity index (χ2v) is 5.04. The fourth-order valence-electron chi connectivity index (χ4n) is 2.17. The Morgan fingerprint density at radius 2 is 1.95 bits per heavy atom. The molecular weight excluding hydrogens is 250 g/mol. The van der Waals surface area contributed by atoms with Gasteiger partial charge < -0.3 is 10.1 Å². The van der Waals surface area contributed by atoms with Crippen LogP contribution in [0.2, 0.25) is 0 Å². The van der Waals surface area contributed by atoms with Gasteiger partial charge in [0.15, 0.2) is 0 Å². The fraction of sp³-hybridized carbons (Fsp3) is 0.588. The number of benzene rings is 1. The Labute approximate surface area is 122 Å². The molecule has 0 saturated carbocycles. The Morgan fingerprint density at radius 3 is 2.70 bits per heavy atom. The molecule has 0 bridgehead atoms. The smallest absolute Gasteiger partial charge is 0.305 e. The molecule has 0 spiro atoms. The third-order valence-electron chi connectivity index (χ3n) is 3.37. The Kier molecular flexibility index (Phi) is 8.72. The lowest BCUT2D eigenvalue weighted by molar-refractivity contribution is -0.143. The van der Waals surface area contributed by atoms with Crippen LogP contribution in [-0.2, 0) is 16.0 Å². The minimum absolute atomic E-state index is 0.0694. The van der Waals surface area contributed by atoms with Crippen LogP contribution in [0.3, 0.4) is 0 Å². The standard InChI is InChI=1S/C17H27NO2/c1-3-20-17(19)11-5-4-8-13-18-14-12-16-10-7-6-9-15(16)2/h6-7,9-10,18H,3-5,8,11-14H2,1-2H3. The maximum Gasteiger partial charge on any atom is 0.305 e. The van der Waals surface area contributed by atoms with Gasteiger partial charge in [-0.05, 0) is 57.3 Å². The highest BCUT2D eigenvalue weighted by atomic mass is 16.5. The number of carbonyl (C=O) groups excluding carboxylic acids is 1. The maximum atomic E-state index is 11.1. The lowest BCUT2D eigenvalue weighted by Crippen LogP contribution is -2.18. The molecule has 0 amide bonds. The number of esters is 1. The van der Waals surface area contributed by atoms with Crippen molar-refractivity contribution in [1.29, 1.82) is 0 Å². The molecule has 0 atom stereocenters. The van der Waals surface area contributed by atoms with E-state index in [0.29, 0.717) is 13.0 Å². The molecule has 3 nitrogen and oxygen atoms in total. The van der Waals surface area contributed by atoms with Gasteiger partial charge in [-0.1, -0.05) is 30.7 Å². The molecule has 0 aromatic heterocycles. The van der Waals surface area contributed by atoms with Gasteiger partial charge in [0, 0.05) is 6.42 Å². The summed E-state index contributed by atoms with van der Waals surface area (Å²) >= 11 is 0. The molecule has 1 rings (SSSR count). The monoisotopic (exact) mass is 277 g/mol. The number of aryl methyl sites for hydroxylation is 1. The van der Waals surface area contributed by atoms with Crippen LogP contribution in [0.15, 0.2) is 24.3 Å². The van der Waals surface area contributed by atoms with Crippen molar-refractivity contribution in [2.45, 2.75) is 46.0 Å². The molecular formula is C17H27NO2. The Balaban J connectivity index is 1.95. The first-order valence-electron chi connectivity index (χ1n) is 7.65. The van der Waals surface area contributed by atoms with Gasteiger partial charge in [0.1, 0.15) is 0 Å². The van der Waals surface area contributed by atoms with E-state index in [4.69, 9.17) is 4.74 Å². The third-order valence-corrected chi connectivity index (χ3v) is 3.37. The van der Waals surface area contributed by atoms with Crippen LogP contribution in [0.5, 0.6) is 0 Å². The summed E-state index contributed by atoms with van der Waals surface area (Å²) in [6.07, 6.45) is 4.76. The van der Waals surface area contributed by atoms with Crippen molar-refractivity contribution in [1.82, 2.24) is 5.32 Å². The zero-order valence-electron chi connectivity index (χ0n) is 12.8. The summed E-state index contributed by atoms with van der Waals surface area (Å²) in [5.41, 5.74) is 2.78. The van der Waals surface area contributed by atoms with Crippen molar-refractivity contribution in [2.24, 2.45) is 0 Å². The molecule has 0 fully saturated rings. The largest absolute Gasteiger partial charge is 0.466 e. The predicted molar refractivity (Wildman–Crippen MR) is 82.9 cm³/mol. The van der Waals surface area contributed by atoms with E-state index < -0.39 is 0 Å². The summed E-state index contributed by atoms with van der Waals surface area (Å²) in [5.74, 6) is -0.0694. The van der Waals surface area contributed by atoms with Gasteiger partial charge in [0.2, 0.25) is 0 Å².